The molecule has 3 aromatic rings. The molecular formula is C19H22FN5O. The summed E-state index contributed by atoms with van der Waals surface area (Å²) < 4.78 is 21.7. The number of pyridine rings is 1. The van der Waals surface area contributed by atoms with Gasteiger partial charge in [0.1, 0.15) is 6.10 Å². The zero-order valence-corrected chi connectivity index (χ0v) is 14.8. The fourth-order valence-corrected chi connectivity index (χ4v) is 3.40. The monoisotopic (exact) mass is 355 g/mol. The molecule has 0 aliphatic heterocycles. The van der Waals surface area contributed by atoms with Crippen LogP contribution in [0.3, 0.4) is 0 Å². The van der Waals surface area contributed by atoms with Crippen molar-refractivity contribution in [2.75, 3.05) is 11.9 Å². The average molecular weight is 355 g/mol. The minimum atomic E-state index is -0.432. The van der Waals surface area contributed by atoms with Crippen molar-refractivity contribution in [2.45, 2.75) is 45.1 Å². The predicted molar refractivity (Wildman–Crippen MR) is 97.8 cm³/mol. The quantitative estimate of drug-likeness (QED) is 0.747. The number of ether oxygens (including phenoxy) is 1. The van der Waals surface area contributed by atoms with Gasteiger partial charge in [0.05, 0.1) is 18.0 Å². The van der Waals surface area contributed by atoms with Crippen molar-refractivity contribution in [2.24, 2.45) is 0 Å². The summed E-state index contributed by atoms with van der Waals surface area (Å²) in [4.78, 5) is 8.85. The summed E-state index contributed by atoms with van der Waals surface area (Å²) >= 11 is 0. The molecule has 0 saturated heterocycles. The van der Waals surface area contributed by atoms with Gasteiger partial charge in [0, 0.05) is 18.3 Å². The maximum Gasteiger partial charge on any atom is 0.221 e. The molecule has 3 aromatic heterocycles. The van der Waals surface area contributed by atoms with E-state index in [4.69, 9.17) is 4.74 Å². The van der Waals surface area contributed by atoms with E-state index >= 15 is 0 Å². The molecule has 1 aliphatic carbocycles. The number of halogens is 1. The standard InChI is InChI=1S/C19H22FN5O/c1-2-21-17-16(20)12-25-18(24-17)15(11-23-25)14-9-6-10-22-19(14)26-13-7-4-3-5-8-13/h6,9-13H,2-5,7-8H2,1H3,(H,21,24). The highest BCUT2D eigenvalue weighted by molar-refractivity contribution is 5.80. The molecule has 26 heavy (non-hydrogen) atoms. The lowest BCUT2D eigenvalue weighted by Crippen LogP contribution is -2.20. The van der Waals surface area contributed by atoms with Gasteiger partial charge in [-0.05, 0) is 44.7 Å². The van der Waals surface area contributed by atoms with Crippen molar-refractivity contribution in [3.8, 4) is 17.0 Å². The Morgan fingerprint density at radius 1 is 1.27 bits per heavy atom. The van der Waals surface area contributed by atoms with Crippen LogP contribution < -0.4 is 10.1 Å². The SMILES string of the molecule is CCNc1nc2c(-c3cccnc3OC3CCCCC3)cnn2cc1F. The molecule has 0 aromatic carbocycles. The lowest BCUT2D eigenvalue weighted by molar-refractivity contribution is 0.149. The number of aromatic nitrogens is 4. The van der Waals surface area contributed by atoms with Crippen LogP contribution in [0.5, 0.6) is 5.88 Å². The van der Waals surface area contributed by atoms with Gasteiger partial charge in [-0.15, -0.1) is 0 Å². The van der Waals surface area contributed by atoms with Gasteiger partial charge in [0.2, 0.25) is 5.88 Å². The highest BCUT2D eigenvalue weighted by Gasteiger charge is 2.20. The first kappa shape index (κ1) is 16.8. The molecule has 0 amide bonds. The van der Waals surface area contributed by atoms with E-state index in [2.05, 4.69) is 20.4 Å². The minimum absolute atomic E-state index is 0.196. The number of fused-ring (bicyclic) bond motifs is 1. The van der Waals surface area contributed by atoms with E-state index in [0.717, 1.165) is 24.0 Å². The van der Waals surface area contributed by atoms with E-state index in [0.29, 0.717) is 18.1 Å². The Morgan fingerprint density at radius 2 is 2.12 bits per heavy atom. The molecule has 0 spiro atoms. The van der Waals surface area contributed by atoms with Gasteiger partial charge in [0.15, 0.2) is 17.3 Å². The third kappa shape index (κ3) is 3.21. The summed E-state index contributed by atoms with van der Waals surface area (Å²) in [6.07, 6.45) is 10.7. The van der Waals surface area contributed by atoms with Crippen molar-refractivity contribution < 1.29 is 9.13 Å². The normalized spacial score (nSPS) is 15.3. The van der Waals surface area contributed by atoms with E-state index < -0.39 is 5.82 Å². The van der Waals surface area contributed by atoms with E-state index in [-0.39, 0.29) is 11.9 Å². The first-order chi connectivity index (χ1) is 12.8. The molecule has 0 radical (unpaired) electrons. The summed E-state index contributed by atoms with van der Waals surface area (Å²) in [7, 11) is 0. The van der Waals surface area contributed by atoms with Crippen LogP contribution in [0.1, 0.15) is 39.0 Å². The number of hydrogen-bond acceptors (Lipinski definition) is 5. The Balaban J connectivity index is 1.74. The highest BCUT2D eigenvalue weighted by Crippen LogP contribution is 2.33. The Labute approximate surface area is 151 Å². The summed E-state index contributed by atoms with van der Waals surface area (Å²) in [5.41, 5.74) is 2.18. The molecule has 3 heterocycles. The lowest BCUT2D eigenvalue weighted by atomic mass is 9.98. The Morgan fingerprint density at radius 3 is 2.92 bits per heavy atom. The summed E-state index contributed by atoms with van der Waals surface area (Å²) in [6, 6.07) is 3.81. The average Bonchev–Trinajstić information content (AvgIpc) is 3.06. The first-order valence-corrected chi connectivity index (χ1v) is 9.16. The molecule has 0 bridgehead atoms. The third-order valence-corrected chi connectivity index (χ3v) is 4.68. The van der Waals surface area contributed by atoms with Crippen LogP contribution in [0.15, 0.2) is 30.7 Å². The van der Waals surface area contributed by atoms with E-state index in [1.165, 1.54) is 30.0 Å². The Hall–Kier alpha value is -2.70. The van der Waals surface area contributed by atoms with Gasteiger partial charge in [-0.25, -0.2) is 18.9 Å². The van der Waals surface area contributed by atoms with Crippen molar-refractivity contribution in [3.63, 3.8) is 0 Å². The number of anilines is 1. The highest BCUT2D eigenvalue weighted by atomic mass is 19.1. The Bertz CT molecular complexity index is 904. The second kappa shape index (κ2) is 7.27. The van der Waals surface area contributed by atoms with Crippen LogP contribution in [-0.2, 0) is 0 Å². The summed E-state index contributed by atoms with van der Waals surface area (Å²) in [5, 5.41) is 7.19. The smallest absolute Gasteiger partial charge is 0.221 e. The summed E-state index contributed by atoms with van der Waals surface area (Å²) in [5.74, 6) is 0.379. The van der Waals surface area contributed by atoms with Crippen molar-refractivity contribution in [1.29, 1.82) is 0 Å². The summed E-state index contributed by atoms with van der Waals surface area (Å²) in [6.45, 7) is 2.49. The second-order valence-corrected chi connectivity index (χ2v) is 6.53. The van der Waals surface area contributed by atoms with Crippen molar-refractivity contribution in [3.05, 3.63) is 36.5 Å². The van der Waals surface area contributed by atoms with Crippen molar-refractivity contribution >= 4 is 11.5 Å². The molecule has 1 saturated carbocycles. The maximum absolute atomic E-state index is 14.1. The van der Waals surface area contributed by atoms with Crippen LogP contribution in [0.4, 0.5) is 10.2 Å². The molecule has 1 N–H and O–H groups in total. The topological polar surface area (TPSA) is 64.3 Å². The fraction of sp³-hybridized carbons (Fsp3) is 0.421. The zero-order valence-electron chi connectivity index (χ0n) is 14.8. The van der Waals surface area contributed by atoms with E-state index in [1.54, 1.807) is 12.4 Å². The number of nitrogens with one attached hydrogen (secondary N) is 1. The van der Waals surface area contributed by atoms with Gasteiger partial charge in [-0.3, -0.25) is 0 Å². The van der Waals surface area contributed by atoms with Crippen LogP contribution in [0, 0.1) is 5.82 Å². The van der Waals surface area contributed by atoms with Gasteiger partial charge < -0.3 is 10.1 Å². The molecule has 136 valence electrons. The fourth-order valence-electron chi connectivity index (χ4n) is 3.40. The molecule has 0 unspecified atom stereocenters. The minimum Gasteiger partial charge on any atom is -0.474 e. The predicted octanol–water partition coefficient (Wildman–Crippen LogP) is 4.07. The molecule has 6 nitrogen and oxygen atoms in total. The van der Waals surface area contributed by atoms with Crippen molar-refractivity contribution in [1.82, 2.24) is 19.6 Å². The van der Waals surface area contributed by atoms with Crippen LogP contribution in [-0.4, -0.2) is 32.2 Å². The number of nitrogens with zero attached hydrogens (tertiary/aromatic N) is 4. The molecule has 1 aliphatic rings. The van der Waals surface area contributed by atoms with Crippen LogP contribution in [0.2, 0.25) is 0 Å². The van der Waals surface area contributed by atoms with E-state index in [1.807, 2.05) is 19.1 Å². The number of rotatable bonds is 5. The number of hydrogen-bond donors (Lipinski definition) is 1. The van der Waals surface area contributed by atoms with Gasteiger partial charge in [-0.2, -0.15) is 5.10 Å². The molecular weight excluding hydrogens is 333 g/mol. The van der Waals surface area contributed by atoms with E-state index in [9.17, 15) is 4.39 Å². The van der Waals surface area contributed by atoms with Crippen LogP contribution in [0.25, 0.3) is 16.8 Å². The molecule has 0 atom stereocenters. The zero-order chi connectivity index (χ0) is 17.9. The lowest BCUT2D eigenvalue weighted by Gasteiger charge is -2.23. The van der Waals surface area contributed by atoms with Gasteiger partial charge >= 0.3 is 0 Å². The molecule has 1 fully saturated rings. The second-order valence-electron chi connectivity index (χ2n) is 6.53. The first-order valence-electron chi connectivity index (χ1n) is 9.16. The van der Waals surface area contributed by atoms with Gasteiger partial charge in [-0.1, -0.05) is 6.42 Å². The van der Waals surface area contributed by atoms with Crippen LogP contribution >= 0.6 is 0 Å². The Kier molecular flexibility index (Phi) is 4.69. The largest absolute Gasteiger partial charge is 0.474 e. The molecule has 4 rings (SSSR count). The van der Waals surface area contributed by atoms with Gasteiger partial charge in [0.25, 0.3) is 0 Å². The maximum atomic E-state index is 14.1. The third-order valence-electron chi connectivity index (χ3n) is 4.68. The molecule has 7 heteroatoms.